The number of thioether (sulfide) groups is 1. The second-order valence-corrected chi connectivity index (χ2v) is 10.0. The third kappa shape index (κ3) is 5.24. The van der Waals surface area contributed by atoms with Crippen molar-refractivity contribution in [3.05, 3.63) is 36.0 Å². The molecule has 0 aliphatic carbocycles. The maximum atomic E-state index is 12.8. The molecule has 32 heavy (non-hydrogen) atoms. The predicted molar refractivity (Wildman–Crippen MR) is 133 cm³/mol. The summed E-state index contributed by atoms with van der Waals surface area (Å²) in [5.74, 6) is 1.80. The lowest BCUT2D eigenvalue weighted by Crippen LogP contribution is -2.44. The summed E-state index contributed by atoms with van der Waals surface area (Å²) in [7, 11) is 4.10. The molecule has 3 aromatic rings. The highest BCUT2D eigenvalue weighted by molar-refractivity contribution is 7.99. The van der Waals surface area contributed by atoms with E-state index in [9.17, 15) is 4.79 Å². The number of hydrogen-bond donors (Lipinski definition) is 0. The Morgan fingerprint density at radius 3 is 2.72 bits per heavy atom. The minimum atomic E-state index is 0.217. The highest BCUT2D eigenvalue weighted by Gasteiger charge is 2.24. The average molecular weight is 471 g/mol. The Balaban J connectivity index is 1.43. The summed E-state index contributed by atoms with van der Waals surface area (Å²) in [4.78, 5) is 27.0. The second kappa shape index (κ2) is 10.6. The van der Waals surface area contributed by atoms with Gasteiger partial charge in [0.2, 0.25) is 5.91 Å². The van der Waals surface area contributed by atoms with Crippen molar-refractivity contribution in [2.45, 2.75) is 37.3 Å². The summed E-state index contributed by atoms with van der Waals surface area (Å²) in [6.45, 7) is 4.75. The first kappa shape index (κ1) is 23.0. The van der Waals surface area contributed by atoms with Crippen LogP contribution in [0.5, 0.6) is 5.75 Å². The number of rotatable bonds is 8. The molecule has 1 amide bonds. The van der Waals surface area contributed by atoms with Gasteiger partial charge in [-0.15, -0.1) is 23.1 Å². The number of aromatic nitrogens is 2. The van der Waals surface area contributed by atoms with Crippen LogP contribution in [0.25, 0.3) is 21.3 Å². The Bertz CT molecular complexity index is 1050. The third-order valence-corrected chi connectivity index (χ3v) is 7.87. The normalized spacial score (nSPS) is 15.2. The van der Waals surface area contributed by atoms with E-state index < -0.39 is 0 Å². The average Bonchev–Trinajstić information content (AvgIpc) is 3.25. The van der Waals surface area contributed by atoms with Crippen molar-refractivity contribution in [1.82, 2.24) is 19.8 Å². The monoisotopic (exact) mass is 470 g/mol. The minimum absolute atomic E-state index is 0.217. The van der Waals surface area contributed by atoms with Gasteiger partial charge in [-0.05, 0) is 57.6 Å². The molecule has 6 nitrogen and oxygen atoms in total. The van der Waals surface area contributed by atoms with E-state index in [1.807, 2.05) is 31.0 Å². The van der Waals surface area contributed by atoms with E-state index in [2.05, 4.69) is 39.4 Å². The van der Waals surface area contributed by atoms with Crippen LogP contribution >= 0.6 is 23.1 Å². The number of ether oxygens (including phenoxy) is 1. The SMILES string of the molecule is CCOc1ccc(-c2csc3ncnc(SCCC(=O)N(C)C4CCN(C)CC4)c23)cc1. The number of benzene rings is 1. The van der Waals surface area contributed by atoms with E-state index in [4.69, 9.17) is 4.74 Å². The molecule has 0 atom stereocenters. The number of carbonyl (C=O) groups is 1. The molecule has 1 aliphatic heterocycles. The van der Waals surface area contributed by atoms with Crippen molar-refractivity contribution < 1.29 is 9.53 Å². The van der Waals surface area contributed by atoms with Crippen molar-refractivity contribution in [1.29, 1.82) is 0 Å². The van der Waals surface area contributed by atoms with Crippen LogP contribution in [0.3, 0.4) is 0 Å². The standard InChI is InChI=1S/C24H30N4O2S2/c1-4-30-19-7-5-17(6-8-19)20-15-32-24-22(20)23(25-16-26-24)31-14-11-21(29)28(3)18-9-12-27(2)13-10-18/h5-8,15-16,18H,4,9-14H2,1-3H3. The molecule has 170 valence electrons. The van der Waals surface area contributed by atoms with E-state index in [1.54, 1.807) is 29.4 Å². The Hall–Kier alpha value is -2.16. The van der Waals surface area contributed by atoms with Gasteiger partial charge in [0.05, 0.1) is 12.0 Å². The number of likely N-dealkylation sites (tertiary alicyclic amines) is 1. The highest BCUT2D eigenvalue weighted by Crippen LogP contribution is 2.38. The van der Waals surface area contributed by atoms with Crippen molar-refractivity contribution in [2.24, 2.45) is 0 Å². The third-order valence-electron chi connectivity index (χ3n) is 6.00. The summed E-state index contributed by atoms with van der Waals surface area (Å²) in [5.41, 5.74) is 2.25. The van der Waals surface area contributed by atoms with Gasteiger partial charge >= 0.3 is 0 Å². The Morgan fingerprint density at radius 2 is 2.00 bits per heavy atom. The van der Waals surface area contributed by atoms with Crippen molar-refractivity contribution in [3.8, 4) is 16.9 Å². The molecule has 1 aliphatic rings. The molecule has 0 saturated carbocycles. The fourth-order valence-electron chi connectivity index (χ4n) is 4.06. The summed E-state index contributed by atoms with van der Waals surface area (Å²) >= 11 is 3.27. The Kier molecular flexibility index (Phi) is 7.65. The Morgan fingerprint density at radius 1 is 1.25 bits per heavy atom. The Labute approximate surface area is 198 Å². The molecule has 4 rings (SSSR count). The van der Waals surface area contributed by atoms with Crippen LogP contribution in [0.2, 0.25) is 0 Å². The van der Waals surface area contributed by atoms with Crippen LogP contribution in [-0.4, -0.2) is 71.3 Å². The van der Waals surface area contributed by atoms with E-state index in [0.717, 1.165) is 58.1 Å². The van der Waals surface area contributed by atoms with Crippen LogP contribution in [-0.2, 0) is 4.79 Å². The minimum Gasteiger partial charge on any atom is -0.494 e. The topological polar surface area (TPSA) is 58.6 Å². The molecule has 1 saturated heterocycles. The van der Waals surface area contributed by atoms with Gasteiger partial charge in [0.25, 0.3) is 0 Å². The zero-order chi connectivity index (χ0) is 22.5. The maximum absolute atomic E-state index is 12.8. The maximum Gasteiger partial charge on any atom is 0.223 e. The van der Waals surface area contributed by atoms with Crippen molar-refractivity contribution in [3.63, 3.8) is 0 Å². The van der Waals surface area contributed by atoms with Crippen molar-refractivity contribution >= 4 is 39.2 Å². The summed E-state index contributed by atoms with van der Waals surface area (Å²) in [6.07, 6.45) is 4.24. The summed E-state index contributed by atoms with van der Waals surface area (Å²) in [6, 6.07) is 8.51. The van der Waals surface area contributed by atoms with E-state index >= 15 is 0 Å². The first-order chi connectivity index (χ1) is 15.6. The molecule has 1 aromatic carbocycles. The second-order valence-electron chi connectivity index (χ2n) is 8.10. The van der Waals surface area contributed by atoms with Gasteiger partial charge in [0.1, 0.15) is 21.9 Å². The number of piperidine rings is 1. The lowest BCUT2D eigenvalue weighted by Gasteiger charge is -2.35. The number of fused-ring (bicyclic) bond motifs is 1. The summed E-state index contributed by atoms with van der Waals surface area (Å²) in [5, 5.41) is 4.15. The summed E-state index contributed by atoms with van der Waals surface area (Å²) < 4.78 is 5.57. The number of carbonyl (C=O) groups excluding carboxylic acids is 1. The van der Waals surface area contributed by atoms with E-state index in [1.165, 1.54) is 0 Å². The van der Waals surface area contributed by atoms with Crippen LogP contribution in [0, 0.1) is 0 Å². The molecule has 0 radical (unpaired) electrons. The molecule has 8 heteroatoms. The molecule has 0 spiro atoms. The van der Waals surface area contributed by atoms with Crippen LogP contribution in [0.1, 0.15) is 26.2 Å². The predicted octanol–water partition coefficient (Wildman–Crippen LogP) is 4.79. The van der Waals surface area contributed by atoms with Gasteiger partial charge in [-0.3, -0.25) is 4.79 Å². The molecule has 1 fully saturated rings. The van der Waals surface area contributed by atoms with Gasteiger partial charge in [0.15, 0.2) is 0 Å². The van der Waals surface area contributed by atoms with Gasteiger partial charge < -0.3 is 14.5 Å². The lowest BCUT2D eigenvalue weighted by atomic mass is 10.0. The highest BCUT2D eigenvalue weighted by atomic mass is 32.2. The van der Waals surface area contributed by atoms with Crippen LogP contribution in [0.15, 0.2) is 41.0 Å². The molecular weight excluding hydrogens is 440 g/mol. The van der Waals surface area contributed by atoms with Crippen LogP contribution in [0.4, 0.5) is 0 Å². The molecule has 0 N–H and O–H groups in total. The van der Waals surface area contributed by atoms with Crippen molar-refractivity contribution in [2.75, 3.05) is 39.5 Å². The van der Waals surface area contributed by atoms with Gasteiger partial charge in [0, 0.05) is 36.2 Å². The number of nitrogens with zero attached hydrogens (tertiary/aromatic N) is 4. The molecular formula is C24H30N4O2S2. The fourth-order valence-corrected chi connectivity index (χ4v) is 5.99. The molecule has 0 bridgehead atoms. The number of hydrogen-bond acceptors (Lipinski definition) is 7. The van der Waals surface area contributed by atoms with Gasteiger partial charge in [-0.2, -0.15) is 0 Å². The lowest BCUT2D eigenvalue weighted by molar-refractivity contribution is -0.132. The van der Waals surface area contributed by atoms with E-state index in [-0.39, 0.29) is 5.91 Å². The largest absolute Gasteiger partial charge is 0.494 e. The smallest absolute Gasteiger partial charge is 0.223 e. The molecule has 0 unspecified atom stereocenters. The zero-order valence-corrected chi connectivity index (χ0v) is 20.5. The number of thiophene rings is 1. The zero-order valence-electron chi connectivity index (χ0n) is 18.9. The number of amides is 1. The fraction of sp³-hybridized carbons (Fsp3) is 0.458. The van der Waals surface area contributed by atoms with E-state index in [0.29, 0.717) is 24.8 Å². The van der Waals surface area contributed by atoms with Gasteiger partial charge in [-0.1, -0.05) is 12.1 Å². The quantitative estimate of drug-likeness (QED) is 0.348. The molecule has 2 aromatic heterocycles. The molecule has 3 heterocycles. The first-order valence-corrected chi connectivity index (χ1v) is 13.0. The van der Waals surface area contributed by atoms with Gasteiger partial charge in [-0.25, -0.2) is 9.97 Å². The first-order valence-electron chi connectivity index (χ1n) is 11.1. The van der Waals surface area contributed by atoms with Crippen LogP contribution < -0.4 is 4.74 Å².